The Morgan fingerprint density at radius 2 is 1.79 bits per heavy atom. The van der Waals surface area contributed by atoms with Crippen LogP contribution in [0.25, 0.3) is 27.8 Å². The largest absolute Gasteiger partial charge is 0.465 e. The van der Waals surface area contributed by atoms with Crippen LogP contribution in [0.4, 0.5) is 5.69 Å². The SMILES string of the molecule is CCC(C)N(CCCC1CCCCC1)c1ccc2ncn(-c3ccc(-c4cccc(C(C)(C)C)c4C(=O)OC)cc3)c2c1. The molecule has 1 heterocycles. The fourth-order valence-electron chi connectivity index (χ4n) is 6.77. The number of fused-ring (bicyclic) bond motifs is 1. The lowest BCUT2D eigenvalue weighted by atomic mass is 9.81. The molecule has 5 rings (SSSR count). The highest BCUT2D eigenvalue weighted by Gasteiger charge is 2.25. The summed E-state index contributed by atoms with van der Waals surface area (Å²) in [4.78, 5) is 20.3. The van der Waals surface area contributed by atoms with Crippen LogP contribution in [-0.2, 0) is 10.2 Å². The van der Waals surface area contributed by atoms with Gasteiger partial charge in [-0.25, -0.2) is 9.78 Å². The van der Waals surface area contributed by atoms with Crippen molar-refractivity contribution in [1.82, 2.24) is 9.55 Å². The Morgan fingerprint density at radius 1 is 1.05 bits per heavy atom. The maximum absolute atomic E-state index is 12.9. The van der Waals surface area contributed by atoms with Crippen LogP contribution >= 0.6 is 0 Å². The molecular formula is C38H49N3O2. The van der Waals surface area contributed by atoms with Gasteiger partial charge in [-0.3, -0.25) is 4.57 Å². The molecule has 43 heavy (non-hydrogen) atoms. The number of anilines is 1. The summed E-state index contributed by atoms with van der Waals surface area (Å²) in [6.07, 6.45) is 12.7. The predicted octanol–water partition coefficient (Wildman–Crippen LogP) is 9.74. The number of aromatic nitrogens is 2. The molecule has 5 nitrogen and oxygen atoms in total. The molecule has 228 valence electrons. The highest BCUT2D eigenvalue weighted by Crippen LogP contribution is 2.35. The van der Waals surface area contributed by atoms with Crippen LogP contribution in [0.3, 0.4) is 0 Å². The van der Waals surface area contributed by atoms with Crippen molar-refractivity contribution >= 4 is 22.7 Å². The van der Waals surface area contributed by atoms with Crippen LogP contribution in [0.15, 0.2) is 67.0 Å². The molecule has 5 heteroatoms. The fraction of sp³-hybridized carbons (Fsp3) is 0.474. The Labute approximate surface area is 258 Å². The number of carbonyl (C=O) groups excluding carboxylic acids is 1. The first-order valence-electron chi connectivity index (χ1n) is 16.3. The van der Waals surface area contributed by atoms with Crippen LogP contribution < -0.4 is 4.90 Å². The van der Waals surface area contributed by atoms with Gasteiger partial charge in [0.05, 0.1) is 23.7 Å². The number of rotatable bonds is 10. The maximum Gasteiger partial charge on any atom is 0.338 e. The standard InChI is InChI=1S/C38H49N3O2/c1-7-27(2)40(24-12-15-28-13-9-8-10-14-28)31-22-23-34-35(25-31)41(26-39-34)30-20-18-29(19-21-30)32-16-11-17-33(38(3,4)5)36(32)37(42)43-6/h11,16-23,25-28H,7-10,12-15,24H2,1-6H3. The first kappa shape index (κ1) is 30.8. The van der Waals surface area contributed by atoms with Crippen LogP contribution in [0, 0.1) is 5.92 Å². The van der Waals surface area contributed by atoms with E-state index in [0.717, 1.165) is 52.3 Å². The number of imidazole rings is 1. The summed E-state index contributed by atoms with van der Waals surface area (Å²) in [7, 11) is 1.45. The molecule has 0 amide bonds. The lowest BCUT2D eigenvalue weighted by molar-refractivity contribution is 0.0599. The molecule has 0 spiro atoms. The zero-order valence-electron chi connectivity index (χ0n) is 27.0. The lowest BCUT2D eigenvalue weighted by Crippen LogP contribution is -2.33. The van der Waals surface area contributed by atoms with Gasteiger partial charge in [-0.15, -0.1) is 0 Å². The molecule has 0 N–H and O–H groups in total. The molecular weight excluding hydrogens is 530 g/mol. The van der Waals surface area contributed by atoms with Crippen molar-refractivity contribution in [3.63, 3.8) is 0 Å². The average Bonchev–Trinajstić information content (AvgIpc) is 3.45. The molecule has 1 saturated carbocycles. The molecule has 0 aliphatic heterocycles. The van der Waals surface area contributed by atoms with Gasteiger partial charge in [0.1, 0.15) is 6.33 Å². The Hall–Kier alpha value is -3.60. The van der Waals surface area contributed by atoms with E-state index in [1.54, 1.807) is 0 Å². The van der Waals surface area contributed by atoms with E-state index in [-0.39, 0.29) is 11.4 Å². The number of esters is 1. The van der Waals surface area contributed by atoms with Crippen molar-refractivity contribution in [3.05, 3.63) is 78.1 Å². The molecule has 0 radical (unpaired) electrons. The Morgan fingerprint density at radius 3 is 2.47 bits per heavy atom. The number of methoxy groups -OCH3 is 1. The minimum atomic E-state index is -0.303. The lowest BCUT2D eigenvalue weighted by Gasteiger charge is -2.32. The molecule has 1 aromatic heterocycles. The van der Waals surface area contributed by atoms with Gasteiger partial charge in [-0.2, -0.15) is 0 Å². The monoisotopic (exact) mass is 579 g/mol. The molecule has 3 aromatic carbocycles. The zero-order valence-corrected chi connectivity index (χ0v) is 27.0. The van der Waals surface area contributed by atoms with Gasteiger partial charge in [0.25, 0.3) is 0 Å². The van der Waals surface area contributed by atoms with Gasteiger partial charge in [0.2, 0.25) is 0 Å². The minimum Gasteiger partial charge on any atom is -0.465 e. The number of carbonyl (C=O) groups is 1. The van der Waals surface area contributed by atoms with Crippen LogP contribution in [0.1, 0.15) is 102 Å². The smallest absolute Gasteiger partial charge is 0.338 e. The molecule has 4 aromatic rings. The van der Waals surface area contributed by atoms with Crippen LogP contribution in [-0.4, -0.2) is 35.2 Å². The summed E-state index contributed by atoms with van der Waals surface area (Å²) >= 11 is 0. The second kappa shape index (κ2) is 13.4. The predicted molar refractivity (Wildman–Crippen MR) is 179 cm³/mol. The summed E-state index contributed by atoms with van der Waals surface area (Å²) in [5.41, 5.74) is 7.72. The summed E-state index contributed by atoms with van der Waals surface area (Å²) in [5.74, 6) is 0.612. The third-order valence-electron chi connectivity index (χ3n) is 9.44. The zero-order chi connectivity index (χ0) is 30.6. The number of hydrogen-bond donors (Lipinski definition) is 0. The summed E-state index contributed by atoms with van der Waals surface area (Å²) < 4.78 is 7.39. The van der Waals surface area contributed by atoms with Gasteiger partial charge in [0, 0.05) is 24.0 Å². The first-order valence-corrected chi connectivity index (χ1v) is 16.3. The molecule has 0 saturated heterocycles. The van der Waals surface area contributed by atoms with Gasteiger partial charge in [0.15, 0.2) is 0 Å². The molecule has 1 unspecified atom stereocenters. The number of nitrogens with zero attached hydrogens (tertiary/aromatic N) is 3. The molecule has 1 fully saturated rings. The maximum atomic E-state index is 12.9. The third kappa shape index (κ3) is 6.82. The highest BCUT2D eigenvalue weighted by molar-refractivity contribution is 5.99. The average molecular weight is 580 g/mol. The van der Waals surface area contributed by atoms with E-state index in [4.69, 9.17) is 9.72 Å². The van der Waals surface area contributed by atoms with Gasteiger partial charge >= 0.3 is 5.97 Å². The summed E-state index contributed by atoms with van der Waals surface area (Å²) in [5, 5.41) is 0. The Kier molecular flexibility index (Phi) is 9.59. The fourth-order valence-corrected chi connectivity index (χ4v) is 6.77. The molecule has 1 aliphatic rings. The molecule has 1 atom stereocenters. The van der Waals surface area contributed by atoms with E-state index >= 15 is 0 Å². The highest BCUT2D eigenvalue weighted by atomic mass is 16.5. The number of ether oxygens (including phenoxy) is 1. The number of benzene rings is 3. The first-order chi connectivity index (χ1) is 20.7. The summed E-state index contributed by atoms with van der Waals surface area (Å²) in [6, 6.07) is 21.7. The summed E-state index contributed by atoms with van der Waals surface area (Å²) in [6.45, 7) is 12.1. The van der Waals surface area contributed by atoms with Crippen molar-refractivity contribution in [2.75, 3.05) is 18.6 Å². The van der Waals surface area contributed by atoms with E-state index in [1.165, 1.54) is 57.7 Å². The third-order valence-corrected chi connectivity index (χ3v) is 9.44. The van der Waals surface area contributed by atoms with Crippen LogP contribution in [0.2, 0.25) is 0 Å². The van der Waals surface area contributed by atoms with Crippen molar-refractivity contribution in [1.29, 1.82) is 0 Å². The van der Waals surface area contributed by atoms with E-state index < -0.39 is 0 Å². The van der Waals surface area contributed by atoms with Gasteiger partial charge < -0.3 is 9.64 Å². The van der Waals surface area contributed by atoms with Crippen molar-refractivity contribution in [2.45, 2.75) is 97.4 Å². The second-order valence-corrected chi connectivity index (χ2v) is 13.4. The van der Waals surface area contributed by atoms with Crippen molar-refractivity contribution < 1.29 is 9.53 Å². The van der Waals surface area contributed by atoms with Crippen LogP contribution in [0.5, 0.6) is 0 Å². The van der Waals surface area contributed by atoms with E-state index in [9.17, 15) is 4.79 Å². The van der Waals surface area contributed by atoms with E-state index in [0.29, 0.717) is 11.6 Å². The Balaban J connectivity index is 1.43. The van der Waals surface area contributed by atoms with Gasteiger partial charge in [-0.1, -0.05) is 90.1 Å². The van der Waals surface area contributed by atoms with Crippen molar-refractivity contribution in [2.24, 2.45) is 5.92 Å². The normalized spacial score (nSPS) is 15.0. The number of hydrogen-bond acceptors (Lipinski definition) is 4. The molecule has 0 bridgehead atoms. The quantitative estimate of drug-likeness (QED) is 0.175. The molecule has 1 aliphatic carbocycles. The second-order valence-electron chi connectivity index (χ2n) is 13.4. The van der Waals surface area contributed by atoms with E-state index in [2.05, 4.69) is 86.6 Å². The van der Waals surface area contributed by atoms with Crippen molar-refractivity contribution in [3.8, 4) is 16.8 Å². The topological polar surface area (TPSA) is 47.4 Å². The van der Waals surface area contributed by atoms with Gasteiger partial charge in [-0.05, 0) is 84.5 Å². The Bertz CT molecular complexity index is 1520. The van der Waals surface area contributed by atoms with E-state index in [1.807, 2.05) is 24.5 Å². The minimum absolute atomic E-state index is 0.189.